The highest BCUT2D eigenvalue weighted by atomic mass is 16.3. The maximum absolute atomic E-state index is 12.0. The van der Waals surface area contributed by atoms with Gasteiger partial charge in [0.1, 0.15) is 0 Å². The van der Waals surface area contributed by atoms with Crippen LogP contribution in [0.1, 0.15) is 0 Å². The first-order valence-electron chi connectivity index (χ1n) is 6.24. The molecule has 0 aromatic carbocycles. The quantitative estimate of drug-likeness (QED) is 0.656. The molecule has 0 spiro atoms. The van der Waals surface area contributed by atoms with Crippen molar-refractivity contribution in [3.63, 3.8) is 0 Å². The molecule has 7 nitrogen and oxygen atoms in total. The van der Waals surface area contributed by atoms with Crippen LogP contribution in [0.15, 0.2) is 29.2 Å². The molecule has 0 atom stereocenters. The van der Waals surface area contributed by atoms with Crippen LogP contribution in [0.25, 0.3) is 5.65 Å². The molecule has 0 radical (unpaired) electrons. The number of hydrogen-bond donors (Lipinski definition) is 2. The lowest BCUT2D eigenvalue weighted by Gasteiger charge is -2.19. The minimum Gasteiger partial charge on any atom is -0.395 e. The van der Waals surface area contributed by atoms with Gasteiger partial charge in [-0.1, -0.05) is 6.07 Å². The zero-order chi connectivity index (χ0) is 13.7. The smallest absolute Gasteiger partial charge is 0.350 e. The molecule has 2 heterocycles. The molecule has 0 aliphatic heterocycles. The summed E-state index contributed by atoms with van der Waals surface area (Å²) in [5, 5.41) is 22.1. The summed E-state index contributed by atoms with van der Waals surface area (Å²) in [5.41, 5.74) is 0.437. The molecular weight excluding hydrogens is 248 g/mol. The van der Waals surface area contributed by atoms with Crippen molar-refractivity contribution in [1.82, 2.24) is 19.1 Å². The molecule has 2 rings (SSSR count). The van der Waals surface area contributed by atoms with Crippen molar-refractivity contribution in [2.45, 2.75) is 6.54 Å². The Bertz CT molecular complexity index is 572. The van der Waals surface area contributed by atoms with E-state index in [2.05, 4.69) is 5.10 Å². The van der Waals surface area contributed by atoms with E-state index in [1.807, 2.05) is 11.0 Å². The van der Waals surface area contributed by atoms with E-state index in [1.54, 1.807) is 18.3 Å². The summed E-state index contributed by atoms with van der Waals surface area (Å²) < 4.78 is 2.89. The van der Waals surface area contributed by atoms with Gasteiger partial charge in [0.25, 0.3) is 0 Å². The van der Waals surface area contributed by atoms with Crippen LogP contribution in [-0.4, -0.2) is 62.1 Å². The Morgan fingerprint density at radius 3 is 2.53 bits per heavy atom. The number of aliphatic hydroxyl groups is 2. The monoisotopic (exact) mass is 266 g/mol. The third kappa shape index (κ3) is 3.19. The Kier molecular flexibility index (Phi) is 4.67. The van der Waals surface area contributed by atoms with Crippen molar-refractivity contribution < 1.29 is 10.2 Å². The van der Waals surface area contributed by atoms with E-state index >= 15 is 0 Å². The van der Waals surface area contributed by atoms with Crippen molar-refractivity contribution in [3.05, 3.63) is 34.9 Å². The maximum atomic E-state index is 12.0. The van der Waals surface area contributed by atoms with Gasteiger partial charge in [-0.05, 0) is 12.1 Å². The first-order chi connectivity index (χ1) is 9.26. The van der Waals surface area contributed by atoms with Crippen LogP contribution in [0.5, 0.6) is 0 Å². The van der Waals surface area contributed by atoms with E-state index < -0.39 is 0 Å². The van der Waals surface area contributed by atoms with Crippen molar-refractivity contribution in [2.24, 2.45) is 0 Å². The lowest BCUT2D eigenvalue weighted by Crippen LogP contribution is -2.35. The molecule has 0 aliphatic rings. The number of rotatable bonds is 7. The average Bonchev–Trinajstić information content (AvgIpc) is 2.74. The second kappa shape index (κ2) is 6.46. The van der Waals surface area contributed by atoms with E-state index in [9.17, 15) is 4.79 Å². The lowest BCUT2D eigenvalue weighted by atomic mass is 10.4. The fraction of sp³-hybridized carbons (Fsp3) is 0.500. The van der Waals surface area contributed by atoms with E-state index in [-0.39, 0.29) is 18.9 Å². The topological polar surface area (TPSA) is 83.0 Å². The molecule has 19 heavy (non-hydrogen) atoms. The molecule has 0 bridgehead atoms. The van der Waals surface area contributed by atoms with Gasteiger partial charge in [0, 0.05) is 25.8 Å². The third-order valence-electron chi connectivity index (χ3n) is 2.95. The predicted molar refractivity (Wildman–Crippen MR) is 70.1 cm³/mol. The first-order valence-corrected chi connectivity index (χ1v) is 6.24. The Morgan fingerprint density at radius 1 is 1.16 bits per heavy atom. The van der Waals surface area contributed by atoms with Gasteiger partial charge in [-0.15, -0.1) is 5.10 Å². The summed E-state index contributed by atoms with van der Waals surface area (Å²) in [5.74, 6) is 0. The molecule has 2 aromatic heterocycles. The fourth-order valence-corrected chi connectivity index (χ4v) is 1.97. The maximum Gasteiger partial charge on any atom is 0.350 e. The molecule has 0 fully saturated rings. The molecule has 0 saturated heterocycles. The van der Waals surface area contributed by atoms with Gasteiger partial charge in [-0.25, -0.2) is 9.48 Å². The highest BCUT2D eigenvalue weighted by Crippen LogP contribution is 1.96. The van der Waals surface area contributed by atoms with E-state index in [4.69, 9.17) is 10.2 Å². The predicted octanol–water partition coefficient (Wildman–Crippen LogP) is -1.22. The number of fused-ring (bicyclic) bond motifs is 1. The van der Waals surface area contributed by atoms with E-state index in [0.29, 0.717) is 31.8 Å². The van der Waals surface area contributed by atoms with Gasteiger partial charge < -0.3 is 10.2 Å². The molecule has 2 N–H and O–H groups in total. The number of aliphatic hydroxyl groups excluding tert-OH is 2. The molecule has 7 heteroatoms. The van der Waals surface area contributed by atoms with Gasteiger partial charge >= 0.3 is 5.69 Å². The zero-order valence-corrected chi connectivity index (χ0v) is 10.6. The lowest BCUT2D eigenvalue weighted by molar-refractivity contribution is 0.156. The second-order valence-electron chi connectivity index (χ2n) is 4.22. The van der Waals surface area contributed by atoms with Gasteiger partial charge in [0.2, 0.25) is 0 Å². The highest BCUT2D eigenvalue weighted by molar-refractivity contribution is 5.35. The van der Waals surface area contributed by atoms with Crippen molar-refractivity contribution >= 4 is 5.65 Å². The average molecular weight is 266 g/mol. The molecule has 0 amide bonds. The van der Waals surface area contributed by atoms with Crippen LogP contribution in [0.4, 0.5) is 0 Å². The SMILES string of the molecule is O=c1n(CCN(CCO)CCO)nc2ccccn12. The second-order valence-corrected chi connectivity index (χ2v) is 4.22. The summed E-state index contributed by atoms with van der Waals surface area (Å²) in [4.78, 5) is 13.9. The van der Waals surface area contributed by atoms with Gasteiger partial charge in [-0.3, -0.25) is 9.30 Å². The van der Waals surface area contributed by atoms with Crippen molar-refractivity contribution in [1.29, 1.82) is 0 Å². The van der Waals surface area contributed by atoms with Gasteiger partial charge in [0.05, 0.1) is 19.8 Å². The molecule has 0 saturated carbocycles. The standard InChI is InChI=1S/C12H18N4O3/c17-9-7-14(8-10-18)5-6-16-12(19)15-4-2-1-3-11(15)13-16/h1-4,17-18H,5-10H2. The van der Waals surface area contributed by atoms with Crippen LogP contribution in [0.3, 0.4) is 0 Å². The van der Waals surface area contributed by atoms with Gasteiger partial charge in [-0.2, -0.15) is 0 Å². The van der Waals surface area contributed by atoms with E-state index in [0.717, 1.165) is 0 Å². The molecular formula is C12H18N4O3. The number of pyridine rings is 1. The van der Waals surface area contributed by atoms with Crippen LogP contribution in [-0.2, 0) is 6.54 Å². The molecule has 2 aromatic rings. The minimum absolute atomic E-state index is 0.0278. The van der Waals surface area contributed by atoms with Crippen molar-refractivity contribution in [3.8, 4) is 0 Å². The Morgan fingerprint density at radius 2 is 1.89 bits per heavy atom. The normalized spacial score (nSPS) is 11.5. The van der Waals surface area contributed by atoms with Crippen LogP contribution in [0.2, 0.25) is 0 Å². The van der Waals surface area contributed by atoms with Crippen LogP contribution in [0, 0.1) is 0 Å². The third-order valence-corrected chi connectivity index (χ3v) is 2.95. The summed E-state index contributed by atoms with van der Waals surface area (Å²) in [7, 11) is 0. The van der Waals surface area contributed by atoms with Crippen LogP contribution >= 0.6 is 0 Å². The Labute approximate surface area is 110 Å². The Balaban J connectivity index is 2.08. The number of nitrogens with zero attached hydrogens (tertiary/aromatic N) is 4. The van der Waals surface area contributed by atoms with Crippen molar-refractivity contribution in [2.75, 3.05) is 32.8 Å². The highest BCUT2D eigenvalue weighted by Gasteiger charge is 2.08. The zero-order valence-electron chi connectivity index (χ0n) is 10.6. The largest absolute Gasteiger partial charge is 0.395 e. The van der Waals surface area contributed by atoms with E-state index in [1.165, 1.54) is 9.08 Å². The fourth-order valence-electron chi connectivity index (χ4n) is 1.97. The summed E-state index contributed by atoms with van der Waals surface area (Å²) >= 11 is 0. The summed E-state index contributed by atoms with van der Waals surface area (Å²) in [6, 6.07) is 5.39. The Hall–Kier alpha value is -1.70. The summed E-state index contributed by atoms with van der Waals surface area (Å²) in [6.45, 7) is 2.00. The number of hydrogen-bond acceptors (Lipinski definition) is 5. The van der Waals surface area contributed by atoms with Crippen LogP contribution < -0.4 is 5.69 Å². The summed E-state index contributed by atoms with van der Waals surface area (Å²) in [6.07, 6.45) is 1.68. The van der Waals surface area contributed by atoms with Gasteiger partial charge in [0.15, 0.2) is 5.65 Å². The first kappa shape index (κ1) is 13.7. The molecule has 0 unspecified atom stereocenters. The minimum atomic E-state index is -0.177. The molecule has 104 valence electrons. The number of aromatic nitrogens is 3. The molecule has 0 aliphatic carbocycles.